The lowest BCUT2D eigenvalue weighted by atomic mass is 10.2. The molecular formula is C20H21N3O2S. The van der Waals surface area contributed by atoms with E-state index in [0.29, 0.717) is 5.75 Å². The Morgan fingerprint density at radius 1 is 1.00 bits per heavy atom. The molecule has 0 unspecified atom stereocenters. The molecule has 5 nitrogen and oxygen atoms in total. The van der Waals surface area contributed by atoms with Crippen molar-refractivity contribution in [1.29, 1.82) is 0 Å². The highest BCUT2D eigenvalue weighted by Gasteiger charge is 2.22. The van der Waals surface area contributed by atoms with Gasteiger partial charge in [-0.25, -0.2) is 0 Å². The standard InChI is InChI=1S/C20H21N3O2S/c24-20(15-26-16-6-2-1-3-7-16)23-12-10-22(11-13-23)14-18-17-8-4-5-9-19(17)25-21-18/h1-9H,10-15H2. The molecule has 0 bridgehead atoms. The molecule has 26 heavy (non-hydrogen) atoms. The van der Waals surface area contributed by atoms with Crippen LogP contribution in [0.3, 0.4) is 0 Å². The van der Waals surface area contributed by atoms with Crippen LogP contribution in [0.4, 0.5) is 0 Å². The monoisotopic (exact) mass is 367 g/mol. The zero-order valence-corrected chi connectivity index (χ0v) is 15.3. The van der Waals surface area contributed by atoms with Crippen LogP contribution < -0.4 is 0 Å². The quantitative estimate of drug-likeness (QED) is 0.648. The zero-order chi connectivity index (χ0) is 17.8. The van der Waals surface area contributed by atoms with Crippen molar-refractivity contribution in [1.82, 2.24) is 15.0 Å². The molecule has 1 aliphatic rings. The highest BCUT2D eigenvalue weighted by molar-refractivity contribution is 8.00. The van der Waals surface area contributed by atoms with Gasteiger partial charge in [-0.1, -0.05) is 35.5 Å². The van der Waals surface area contributed by atoms with E-state index >= 15 is 0 Å². The normalized spacial score (nSPS) is 15.5. The third kappa shape index (κ3) is 3.92. The van der Waals surface area contributed by atoms with E-state index in [9.17, 15) is 4.79 Å². The van der Waals surface area contributed by atoms with Crippen LogP contribution in [0.5, 0.6) is 0 Å². The second kappa shape index (κ2) is 7.93. The molecule has 0 radical (unpaired) electrons. The second-order valence-electron chi connectivity index (χ2n) is 6.38. The summed E-state index contributed by atoms with van der Waals surface area (Å²) in [6.45, 7) is 4.03. The van der Waals surface area contributed by atoms with E-state index in [0.717, 1.165) is 54.3 Å². The molecule has 3 aromatic rings. The van der Waals surface area contributed by atoms with Gasteiger partial charge in [0.1, 0.15) is 5.69 Å². The molecule has 1 amide bonds. The molecule has 0 aliphatic carbocycles. The first kappa shape index (κ1) is 17.1. The summed E-state index contributed by atoms with van der Waals surface area (Å²) < 4.78 is 5.38. The van der Waals surface area contributed by atoms with Gasteiger partial charge in [-0.2, -0.15) is 0 Å². The Balaban J connectivity index is 1.28. The van der Waals surface area contributed by atoms with Gasteiger partial charge in [-0.3, -0.25) is 9.69 Å². The summed E-state index contributed by atoms with van der Waals surface area (Å²) in [5.41, 5.74) is 1.80. The Hall–Kier alpha value is -2.31. The highest BCUT2D eigenvalue weighted by atomic mass is 32.2. The first-order valence-electron chi connectivity index (χ1n) is 8.81. The first-order chi connectivity index (χ1) is 12.8. The number of hydrogen-bond acceptors (Lipinski definition) is 5. The molecule has 0 spiro atoms. The van der Waals surface area contributed by atoms with Crippen molar-refractivity contribution in [2.45, 2.75) is 11.4 Å². The van der Waals surface area contributed by atoms with Gasteiger partial charge in [0.2, 0.25) is 5.91 Å². The van der Waals surface area contributed by atoms with E-state index in [1.54, 1.807) is 11.8 Å². The minimum absolute atomic E-state index is 0.213. The van der Waals surface area contributed by atoms with Gasteiger partial charge in [-0.05, 0) is 24.3 Å². The molecule has 1 aliphatic heterocycles. The Morgan fingerprint density at radius 3 is 2.54 bits per heavy atom. The van der Waals surface area contributed by atoms with Crippen LogP contribution in [0.15, 0.2) is 64.0 Å². The third-order valence-corrected chi connectivity index (χ3v) is 5.65. The SMILES string of the molecule is O=C(CSc1ccccc1)N1CCN(Cc2noc3ccccc23)CC1. The van der Waals surface area contributed by atoms with Gasteiger partial charge in [0.25, 0.3) is 0 Å². The van der Waals surface area contributed by atoms with Gasteiger partial charge >= 0.3 is 0 Å². The van der Waals surface area contributed by atoms with Crippen molar-refractivity contribution in [2.75, 3.05) is 31.9 Å². The van der Waals surface area contributed by atoms with Crippen molar-refractivity contribution >= 4 is 28.6 Å². The molecular weight excluding hydrogens is 346 g/mol. The summed E-state index contributed by atoms with van der Waals surface area (Å²) in [7, 11) is 0. The predicted molar refractivity (Wildman–Crippen MR) is 103 cm³/mol. The summed E-state index contributed by atoms with van der Waals surface area (Å²) in [6, 6.07) is 18.0. The van der Waals surface area contributed by atoms with Crippen LogP contribution >= 0.6 is 11.8 Å². The first-order valence-corrected chi connectivity index (χ1v) is 9.79. The molecule has 0 N–H and O–H groups in total. The molecule has 4 rings (SSSR count). The van der Waals surface area contributed by atoms with E-state index in [1.807, 2.05) is 59.5 Å². The van der Waals surface area contributed by atoms with Crippen molar-refractivity contribution in [3.05, 3.63) is 60.3 Å². The molecule has 2 aromatic carbocycles. The second-order valence-corrected chi connectivity index (χ2v) is 7.43. The summed E-state index contributed by atoms with van der Waals surface area (Å²) in [6.07, 6.45) is 0. The van der Waals surface area contributed by atoms with Crippen molar-refractivity contribution in [2.24, 2.45) is 0 Å². The maximum atomic E-state index is 12.4. The van der Waals surface area contributed by atoms with Gasteiger partial charge in [0.15, 0.2) is 5.58 Å². The number of thioether (sulfide) groups is 1. The van der Waals surface area contributed by atoms with Crippen LogP contribution in [0.2, 0.25) is 0 Å². The molecule has 0 atom stereocenters. The fourth-order valence-corrected chi connectivity index (χ4v) is 3.99. The zero-order valence-electron chi connectivity index (χ0n) is 14.5. The van der Waals surface area contributed by atoms with Crippen molar-refractivity contribution in [3.63, 3.8) is 0 Å². The lowest BCUT2D eigenvalue weighted by molar-refractivity contribution is -0.130. The van der Waals surface area contributed by atoms with E-state index < -0.39 is 0 Å². The van der Waals surface area contributed by atoms with Crippen LogP contribution in [0.1, 0.15) is 5.69 Å². The van der Waals surface area contributed by atoms with Crippen LogP contribution in [0.25, 0.3) is 11.0 Å². The number of piperazine rings is 1. The minimum Gasteiger partial charge on any atom is -0.356 e. The summed E-state index contributed by atoms with van der Waals surface area (Å²) >= 11 is 1.60. The van der Waals surface area contributed by atoms with Crippen LogP contribution in [-0.2, 0) is 11.3 Å². The van der Waals surface area contributed by atoms with Gasteiger partial charge in [0.05, 0.1) is 5.75 Å². The number of hydrogen-bond donors (Lipinski definition) is 0. The molecule has 6 heteroatoms. The van der Waals surface area contributed by atoms with Crippen LogP contribution in [-0.4, -0.2) is 52.8 Å². The maximum absolute atomic E-state index is 12.4. The third-order valence-electron chi connectivity index (χ3n) is 4.66. The van der Waals surface area contributed by atoms with Crippen molar-refractivity contribution in [3.8, 4) is 0 Å². The Labute approximate surface area is 156 Å². The summed E-state index contributed by atoms with van der Waals surface area (Å²) in [5, 5.41) is 5.28. The molecule has 1 aromatic heterocycles. The lowest BCUT2D eigenvalue weighted by Gasteiger charge is -2.34. The molecule has 1 fully saturated rings. The fraction of sp³-hybridized carbons (Fsp3) is 0.300. The number of carbonyl (C=O) groups excluding carboxylic acids is 1. The number of aromatic nitrogens is 1. The average Bonchev–Trinajstić information content (AvgIpc) is 3.10. The summed E-state index contributed by atoms with van der Waals surface area (Å²) in [5.74, 6) is 0.711. The van der Waals surface area contributed by atoms with Gasteiger partial charge in [-0.15, -0.1) is 11.8 Å². The van der Waals surface area contributed by atoms with E-state index in [1.165, 1.54) is 0 Å². The highest BCUT2D eigenvalue weighted by Crippen LogP contribution is 2.21. The molecule has 2 heterocycles. The van der Waals surface area contributed by atoms with E-state index in [-0.39, 0.29) is 5.91 Å². The Bertz CT molecular complexity index is 873. The number of amides is 1. The largest absolute Gasteiger partial charge is 0.356 e. The van der Waals surface area contributed by atoms with E-state index in [4.69, 9.17) is 4.52 Å². The summed E-state index contributed by atoms with van der Waals surface area (Å²) in [4.78, 5) is 17.9. The molecule has 0 saturated carbocycles. The number of para-hydroxylation sites is 1. The number of carbonyl (C=O) groups is 1. The predicted octanol–water partition coefficient (Wildman–Crippen LogP) is 3.26. The Morgan fingerprint density at radius 2 is 1.73 bits per heavy atom. The molecule has 1 saturated heterocycles. The van der Waals surface area contributed by atoms with Crippen LogP contribution in [0, 0.1) is 0 Å². The minimum atomic E-state index is 0.213. The molecule has 134 valence electrons. The number of nitrogens with zero attached hydrogens (tertiary/aromatic N) is 3. The average molecular weight is 367 g/mol. The number of benzene rings is 2. The van der Waals surface area contributed by atoms with Gasteiger partial charge in [0, 0.05) is 43.0 Å². The maximum Gasteiger partial charge on any atom is 0.233 e. The smallest absolute Gasteiger partial charge is 0.233 e. The fourth-order valence-electron chi connectivity index (χ4n) is 3.17. The van der Waals surface area contributed by atoms with Gasteiger partial charge < -0.3 is 9.42 Å². The number of rotatable bonds is 5. The van der Waals surface area contributed by atoms with E-state index in [2.05, 4.69) is 10.1 Å². The lowest BCUT2D eigenvalue weighted by Crippen LogP contribution is -2.48. The number of fused-ring (bicyclic) bond motifs is 1. The van der Waals surface area contributed by atoms with Crippen molar-refractivity contribution < 1.29 is 9.32 Å². The Kier molecular flexibility index (Phi) is 5.22. The topological polar surface area (TPSA) is 49.6 Å².